The van der Waals surface area contributed by atoms with E-state index in [4.69, 9.17) is 0 Å². The summed E-state index contributed by atoms with van der Waals surface area (Å²) < 4.78 is 0. The summed E-state index contributed by atoms with van der Waals surface area (Å²) in [5.41, 5.74) is 6.37. The molecule has 1 aliphatic carbocycles. The molecule has 2 fully saturated rings. The molecule has 1 saturated carbocycles. The van der Waals surface area contributed by atoms with E-state index in [0.29, 0.717) is 18.8 Å². The maximum Gasteiger partial charge on any atom is 0.239 e. The van der Waals surface area contributed by atoms with Crippen LogP contribution in [0.4, 0.5) is 5.69 Å². The maximum absolute atomic E-state index is 12.0. The molecule has 1 saturated heterocycles. The fraction of sp³-hybridized carbons (Fsp3) is 0.619. The first-order valence-corrected chi connectivity index (χ1v) is 10.3. The Morgan fingerprint density at radius 2 is 1.52 bits per heavy atom. The van der Waals surface area contributed by atoms with Crippen LogP contribution >= 0.6 is 0 Å². The van der Waals surface area contributed by atoms with Crippen LogP contribution in [-0.2, 0) is 9.59 Å². The van der Waals surface area contributed by atoms with Gasteiger partial charge in [0.05, 0.1) is 0 Å². The van der Waals surface area contributed by atoms with E-state index in [1.54, 1.807) is 0 Å². The number of carbonyl (C=O) groups is 2. The molecular weight excluding hydrogens is 340 g/mol. The molecule has 1 heterocycles. The zero-order valence-corrected chi connectivity index (χ0v) is 16.2. The zero-order chi connectivity index (χ0) is 18.9. The van der Waals surface area contributed by atoms with Gasteiger partial charge in [-0.1, -0.05) is 43.9 Å². The predicted molar refractivity (Wildman–Crippen MR) is 107 cm³/mol. The first kappa shape index (κ1) is 19.7. The Kier molecular flexibility index (Phi) is 7.51. The van der Waals surface area contributed by atoms with E-state index in [0.717, 1.165) is 39.1 Å². The Morgan fingerprint density at radius 1 is 0.889 bits per heavy atom. The van der Waals surface area contributed by atoms with Crippen LogP contribution in [0.2, 0.25) is 0 Å². The first-order chi connectivity index (χ1) is 13.2. The van der Waals surface area contributed by atoms with Crippen LogP contribution in [0.3, 0.4) is 0 Å². The van der Waals surface area contributed by atoms with Crippen LogP contribution in [0.15, 0.2) is 30.3 Å². The van der Waals surface area contributed by atoms with Crippen molar-refractivity contribution in [2.24, 2.45) is 5.92 Å². The van der Waals surface area contributed by atoms with Gasteiger partial charge in [-0.3, -0.25) is 25.3 Å². The van der Waals surface area contributed by atoms with Crippen molar-refractivity contribution in [2.75, 3.05) is 37.6 Å². The standard InChI is InChI=1S/C21H32N4O2/c26-20(11-10-18-6-4-5-7-18)22-23-21(27)12-13-24-14-16-25(17-15-24)19-8-2-1-3-9-19/h1-3,8-9,18H,4-7,10-17H2,(H,22,26)(H,23,27). The number of anilines is 1. The monoisotopic (exact) mass is 372 g/mol. The zero-order valence-electron chi connectivity index (χ0n) is 16.2. The molecule has 148 valence electrons. The second-order valence-corrected chi connectivity index (χ2v) is 7.70. The van der Waals surface area contributed by atoms with Crippen molar-refractivity contribution >= 4 is 17.5 Å². The highest BCUT2D eigenvalue weighted by atomic mass is 16.2. The lowest BCUT2D eigenvalue weighted by molar-refractivity contribution is -0.129. The van der Waals surface area contributed by atoms with Crippen molar-refractivity contribution in [1.82, 2.24) is 15.8 Å². The summed E-state index contributed by atoms with van der Waals surface area (Å²) in [6.45, 7) is 4.59. The van der Waals surface area contributed by atoms with Gasteiger partial charge in [0.25, 0.3) is 0 Å². The minimum Gasteiger partial charge on any atom is -0.369 e. The SMILES string of the molecule is O=C(CCC1CCCC1)NNC(=O)CCN1CCN(c2ccccc2)CC1. The molecule has 1 aromatic carbocycles. The highest BCUT2D eigenvalue weighted by Crippen LogP contribution is 2.28. The van der Waals surface area contributed by atoms with Gasteiger partial charge in [-0.15, -0.1) is 0 Å². The molecule has 0 aromatic heterocycles. The van der Waals surface area contributed by atoms with Gasteiger partial charge in [0.2, 0.25) is 11.8 Å². The largest absolute Gasteiger partial charge is 0.369 e. The quantitative estimate of drug-likeness (QED) is 0.721. The average molecular weight is 373 g/mol. The van der Waals surface area contributed by atoms with Crippen molar-refractivity contribution in [1.29, 1.82) is 0 Å². The topological polar surface area (TPSA) is 64.7 Å². The third-order valence-corrected chi connectivity index (χ3v) is 5.74. The summed E-state index contributed by atoms with van der Waals surface area (Å²) in [5, 5.41) is 0. The van der Waals surface area contributed by atoms with E-state index in [1.165, 1.54) is 31.4 Å². The number of amides is 2. The van der Waals surface area contributed by atoms with Gasteiger partial charge in [0.15, 0.2) is 0 Å². The minimum atomic E-state index is -0.116. The van der Waals surface area contributed by atoms with Crippen LogP contribution in [-0.4, -0.2) is 49.4 Å². The van der Waals surface area contributed by atoms with Gasteiger partial charge in [-0.2, -0.15) is 0 Å². The highest BCUT2D eigenvalue weighted by molar-refractivity contribution is 5.81. The number of hydrogen-bond acceptors (Lipinski definition) is 4. The van der Waals surface area contributed by atoms with E-state index in [9.17, 15) is 9.59 Å². The summed E-state index contributed by atoms with van der Waals surface area (Å²) in [7, 11) is 0. The van der Waals surface area contributed by atoms with E-state index < -0.39 is 0 Å². The molecule has 27 heavy (non-hydrogen) atoms. The maximum atomic E-state index is 12.0. The van der Waals surface area contributed by atoms with Gasteiger partial charge in [0.1, 0.15) is 0 Å². The Labute approximate surface area is 162 Å². The number of hydrogen-bond donors (Lipinski definition) is 2. The Bertz CT molecular complexity index is 593. The van der Waals surface area contributed by atoms with Crippen LogP contribution in [0.25, 0.3) is 0 Å². The minimum absolute atomic E-state index is 0.0771. The highest BCUT2D eigenvalue weighted by Gasteiger charge is 2.18. The summed E-state index contributed by atoms with van der Waals surface area (Å²) in [4.78, 5) is 28.5. The summed E-state index contributed by atoms with van der Waals surface area (Å²) in [6.07, 6.45) is 6.94. The third kappa shape index (κ3) is 6.54. The molecule has 0 bridgehead atoms. The van der Waals surface area contributed by atoms with Crippen molar-refractivity contribution < 1.29 is 9.59 Å². The van der Waals surface area contributed by atoms with Crippen molar-refractivity contribution in [3.63, 3.8) is 0 Å². The van der Waals surface area contributed by atoms with Crippen LogP contribution in [0, 0.1) is 5.92 Å². The fourth-order valence-corrected chi connectivity index (χ4v) is 4.03. The molecule has 1 aliphatic heterocycles. The lowest BCUT2D eigenvalue weighted by atomic mass is 10.0. The lowest BCUT2D eigenvalue weighted by Crippen LogP contribution is -2.48. The summed E-state index contributed by atoms with van der Waals surface area (Å²) in [6, 6.07) is 10.4. The number of nitrogens with zero attached hydrogens (tertiary/aromatic N) is 2. The lowest BCUT2D eigenvalue weighted by Gasteiger charge is -2.36. The Morgan fingerprint density at radius 3 is 2.19 bits per heavy atom. The molecule has 6 heteroatoms. The molecule has 2 N–H and O–H groups in total. The molecular formula is C21H32N4O2. The van der Waals surface area contributed by atoms with Gasteiger partial charge in [-0.25, -0.2) is 0 Å². The van der Waals surface area contributed by atoms with E-state index in [-0.39, 0.29) is 11.8 Å². The Balaban J connectivity index is 1.25. The normalized spacial score (nSPS) is 18.4. The van der Waals surface area contributed by atoms with E-state index in [1.807, 2.05) is 6.07 Å². The van der Waals surface area contributed by atoms with Crippen LogP contribution < -0.4 is 15.8 Å². The number of rotatable bonds is 7. The molecule has 2 amide bonds. The number of benzene rings is 1. The first-order valence-electron chi connectivity index (χ1n) is 10.3. The van der Waals surface area contributed by atoms with Gasteiger partial charge in [0, 0.05) is 51.3 Å². The molecule has 0 spiro atoms. The summed E-state index contributed by atoms with van der Waals surface area (Å²) in [5.74, 6) is 0.502. The third-order valence-electron chi connectivity index (χ3n) is 5.74. The van der Waals surface area contributed by atoms with Crippen LogP contribution in [0.5, 0.6) is 0 Å². The number of carbonyl (C=O) groups excluding carboxylic acids is 2. The second kappa shape index (κ2) is 10.3. The van der Waals surface area contributed by atoms with Gasteiger partial charge >= 0.3 is 0 Å². The molecule has 0 atom stereocenters. The van der Waals surface area contributed by atoms with Crippen molar-refractivity contribution in [2.45, 2.75) is 44.9 Å². The molecule has 2 aliphatic rings. The second-order valence-electron chi connectivity index (χ2n) is 7.70. The molecule has 3 rings (SSSR count). The molecule has 1 aromatic rings. The molecule has 0 radical (unpaired) electrons. The van der Waals surface area contributed by atoms with E-state index >= 15 is 0 Å². The number of para-hydroxylation sites is 1. The van der Waals surface area contributed by atoms with Crippen molar-refractivity contribution in [3.05, 3.63) is 30.3 Å². The number of nitrogens with one attached hydrogen (secondary N) is 2. The van der Waals surface area contributed by atoms with Gasteiger partial charge < -0.3 is 4.90 Å². The molecule has 6 nitrogen and oxygen atoms in total. The van der Waals surface area contributed by atoms with E-state index in [2.05, 4.69) is 44.9 Å². The average Bonchev–Trinajstić information content (AvgIpc) is 3.24. The number of piperazine rings is 1. The predicted octanol–water partition coefficient (Wildman–Crippen LogP) is 2.32. The van der Waals surface area contributed by atoms with Crippen LogP contribution in [0.1, 0.15) is 44.9 Å². The van der Waals surface area contributed by atoms with Crippen molar-refractivity contribution in [3.8, 4) is 0 Å². The smallest absolute Gasteiger partial charge is 0.239 e. The Hall–Kier alpha value is -2.08. The number of hydrazine groups is 1. The summed E-state index contributed by atoms with van der Waals surface area (Å²) >= 11 is 0. The van der Waals surface area contributed by atoms with Gasteiger partial charge in [-0.05, 0) is 24.5 Å². The molecule has 0 unspecified atom stereocenters. The fourth-order valence-electron chi connectivity index (χ4n) is 4.03.